The highest BCUT2D eigenvalue weighted by atomic mass is 16.3. The molecule has 1 aromatic carbocycles. The number of benzene rings is 1. The van der Waals surface area contributed by atoms with Gasteiger partial charge >= 0.3 is 0 Å². The van der Waals surface area contributed by atoms with Gasteiger partial charge in [-0.05, 0) is 37.4 Å². The van der Waals surface area contributed by atoms with Crippen LogP contribution in [0.3, 0.4) is 0 Å². The maximum atomic E-state index is 12.4. The SMILES string of the molecule is O=C(CC1CCCNC1)N(CCO)Cc1ccccc1. The summed E-state index contributed by atoms with van der Waals surface area (Å²) in [6, 6.07) is 9.94. The van der Waals surface area contributed by atoms with Crippen LogP contribution in [0.1, 0.15) is 24.8 Å². The normalized spacial score (nSPS) is 18.8. The first-order valence-corrected chi connectivity index (χ1v) is 7.43. The Labute approximate surface area is 120 Å². The maximum Gasteiger partial charge on any atom is 0.223 e. The summed E-state index contributed by atoms with van der Waals surface area (Å²) in [5.41, 5.74) is 1.11. The molecule has 0 aliphatic carbocycles. The van der Waals surface area contributed by atoms with E-state index in [0.29, 0.717) is 25.4 Å². The van der Waals surface area contributed by atoms with E-state index in [1.807, 2.05) is 30.3 Å². The number of hydrogen-bond acceptors (Lipinski definition) is 3. The number of aliphatic hydroxyl groups excluding tert-OH is 1. The van der Waals surface area contributed by atoms with Crippen molar-refractivity contribution in [3.8, 4) is 0 Å². The lowest BCUT2D eigenvalue weighted by Gasteiger charge is -2.27. The first-order chi connectivity index (χ1) is 9.79. The van der Waals surface area contributed by atoms with Crippen molar-refractivity contribution in [3.63, 3.8) is 0 Å². The minimum absolute atomic E-state index is 0.0154. The Kier molecular flexibility index (Phi) is 6.02. The second kappa shape index (κ2) is 8.02. The fraction of sp³-hybridized carbons (Fsp3) is 0.562. The molecular weight excluding hydrogens is 252 g/mol. The summed E-state index contributed by atoms with van der Waals surface area (Å²) in [5.74, 6) is 0.588. The first kappa shape index (κ1) is 15.0. The van der Waals surface area contributed by atoms with Crippen molar-refractivity contribution in [3.05, 3.63) is 35.9 Å². The smallest absolute Gasteiger partial charge is 0.223 e. The molecule has 4 nitrogen and oxygen atoms in total. The summed E-state index contributed by atoms with van der Waals surface area (Å²) >= 11 is 0. The van der Waals surface area contributed by atoms with E-state index >= 15 is 0 Å². The van der Waals surface area contributed by atoms with Gasteiger partial charge in [-0.25, -0.2) is 0 Å². The van der Waals surface area contributed by atoms with Gasteiger partial charge in [-0.15, -0.1) is 0 Å². The molecule has 1 heterocycles. The van der Waals surface area contributed by atoms with Gasteiger partial charge < -0.3 is 15.3 Å². The number of carbonyl (C=O) groups excluding carboxylic acids is 1. The van der Waals surface area contributed by atoms with Gasteiger partial charge in [0.2, 0.25) is 5.91 Å². The first-order valence-electron chi connectivity index (χ1n) is 7.43. The largest absolute Gasteiger partial charge is 0.395 e. The van der Waals surface area contributed by atoms with E-state index < -0.39 is 0 Å². The zero-order valence-corrected chi connectivity index (χ0v) is 11.9. The predicted molar refractivity (Wildman–Crippen MR) is 79.2 cm³/mol. The lowest BCUT2D eigenvalue weighted by atomic mass is 9.95. The second-order valence-corrected chi connectivity index (χ2v) is 5.44. The number of rotatable bonds is 6. The third-order valence-corrected chi connectivity index (χ3v) is 3.80. The zero-order valence-electron chi connectivity index (χ0n) is 11.9. The van der Waals surface area contributed by atoms with Crippen LogP contribution in [0.25, 0.3) is 0 Å². The second-order valence-electron chi connectivity index (χ2n) is 5.44. The van der Waals surface area contributed by atoms with E-state index in [4.69, 9.17) is 5.11 Å². The van der Waals surface area contributed by atoms with Crippen LogP contribution in [0.2, 0.25) is 0 Å². The molecule has 1 unspecified atom stereocenters. The van der Waals surface area contributed by atoms with Crippen LogP contribution in [0.15, 0.2) is 30.3 Å². The molecule has 1 fully saturated rings. The average Bonchev–Trinajstić information content (AvgIpc) is 2.49. The summed E-state index contributed by atoms with van der Waals surface area (Å²) in [6.07, 6.45) is 2.85. The highest BCUT2D eigenvalue weighted by Crippen LogP contribution is 2.16. The third-order valence-electron chi connectivity index (χ3n) is 3.80. The Bertz CT molecular complexity index is 402. The molecule has 4 heteroatoms. The molecule has 1 aromatic rings. The Morgan fingerprint density at radius 1 is 1.35 bits per heavy atom. The van der Waals surface area contributed by atoms with Crippen LogP contribution in [0.5, 0.6) is 0 Å². The van der Waals surface area contributed by atoms with Crippen molar-refractivity contribution < 1.29 is 9.90 Å². The maximum absolute atomic E-state index is 12.4. The van der Waals surface area contributed by atoms with E-state index in [-0.39, 0.29) is 12.5 Å². The summed E-state index contributed by atoms with van der Waals surface area (Å²) in [6.45, 7) is 3.01. The highest BCUT2D eigenvalue weighted by molar-refractivity contribution is 5.76. The van der Waals surface area contributed by atoms with Gasteiger partial charge in [-0.1, -0.05) is 30.3 Å². The van der Waals surface area contributed by atoms with E-state index in [1.54, 1.807) is 4.90 Å². The van der Waals surface area contributed by atoms with Gasteiger partial charge in [-0.2, -0.15) is 0 Å². The number of carbonyl (C=O) groups is 1. The van der Waals surface area contributed by atoms with Gasteiger partial charge in [0.05, 0.1) is 6.61 Å². The minimum Gasteiger partial charge on any atom is -0.395 e. The fourth-order valence-corrected chi connectivity index (χ4v) is 2.69. The predicted octanol–water partition coefficient (Wildman–Crippen LogP) is 1.40. The Morgan fingerprint density at radius 3 is 2.80 bits per heavy atom. The fourth-order valence-electron chi connectivity index (χ4n) is 2.69. The van der Waals surface area contributed by atoms with Crippen LogP contribution in [0.4, 0.5) is 0 Å². The standard InChI is InChI=1S/C16H24N2O2/c19-10-9-18(13-14-5-2-1-3-6-14)16(20)11-15-7-4-8-17-12-15/h1-3,5-6,15,17,19H,4,7-13H2. The molecule has 0 aromatic heterocycles. The van der Waals surface area contributed by atoms with Crippen molar-refractivity contribution in [2.75, 3.05) is 26.2 Å². The van der Waals surface area contributed by atoms with Gasteiger partial charge in [0.1, 0.15) is 0 Å². The van der Waals surface area contributed by atoms with Gasteiger partial charge in [-0.3, -0.25) is 4.79 Å². The van der Waals surface area contributed by atoms with Crippen molar-refractivity contribution in [1.29, 1.82) is 0 Å². The summed E-state index contributed by atoms with van der Waals surface area (Å²) in [7, 11) is 0. The van der Waals surface area contributed by atoms with Crippen LogP contribution < -0.4 is 5.32 Å². The number of nitrogens with one attached hydrogen (secondary N) is 1. The molecule has 2 N–H and O–H groups in total. The van der Waals surface area contributed by atoms with Crippen LogP contribution in [-0.4, -0.2) is 42.2 Å². The minimum atomic E-state index is 0.0154. The molecule has 0 bridgehead atoms. The molecule has 1 aliphatic heterocycles. The van der Waals surface area contributed by atoms with E-state index in [2.05, 4.69) is 5.32 Å². The summed E-state index contributed by atoms with van der Waals surface area (Å²) in [5, 5.41) is 12.5. The molecule has 2 rings (SSSR count). The Balaban J connectivity index is 1.91. The van der Waals surface area contributed by atoms with Crippen molar-refractivity contribution in [2.45, 2.75) is 25.8 Å². The third kappa shape index (κ3) is 4.62. The topological polar surface area (TPSA) is 52.6 Å². The lowest BCUT2D eigenvalue weighted by Crippen LogP contribution is -2.37. The molecule has 1 atom stereocenters. The summed E-state index contributed by atoms with van der Waals surface area (Å²) < 4.78 is 0. The van der Waals surface area contributed by atoms with E-state index in [9.17, 15) is 4.79 Å². The Hall–Kier alpha value is -1.39. The summed E-state index contributed by atoms with van der Waals surface area (Å²) in [4.78, 5) is 14.2. The average molecular weight is 276 g/mol. The highest BCUT2D eigenvalue weighted by Gasteiger charge is 2.20. The lowest BCUT2D eigenvalue weighted by molar-refractivity contribution is -0.133. The molecule has 1 saturated heterocycles. The molecule has 1 aliphatic rings. The monoisotopic (exact) mass is 276 g/mol. The molecule has 110 valence electrons. The van der Waals surface area contributed by atoms with Crippen LogP contribution >= 0.6 is 0 Å². The molecule has 20 heavy (non-hydrogen) atoms. The van der Waals surface area contributed by atoms with Gasteiger partial charge in [0.15, 0.2) is 0 Å². The quantitative estimate of drug-likeness (QED) is 0.826. The molecule has 0 spiro atoms. The zero-order chi connectivity index (χ0) is 14.2. The number of hydrogen-bond donors (Lipinski definition) is 2. The van der Waals surface area contributed by atoms with Crippen molar-refractivity contribution in [1.82, 2.24) is 10.2 Å². The van der Waals surface area contributed by atoms with E-state index in [1.165, 1.54) is 0 Å². The van der Waals surface area contributed by atoms with Gasteiger partial charge in [0.25, 0.3) is 0 Å². The van der Waals surface area contributed by atoms with Crippen LogP contribution in [-0.2, 0) is 11.3 Å². The van der Waals surface area contributed by atoms with E-state index in [0.717, 1.165) is 31.5 Å². The number of piperidine rings is 1. The van der Waals surface area contributed by atoms with Crippen LogP contribution in [0, 0.1) is 5.92 Å². The Morgan fingerprint density at radius 2 is 2.15 bits per heavy atom. The van der Waals surface area contributed by atoms with Crippen molar-refractivity contribution in [2.24, 2.45) is 5.92 Å². The molecule has 1 amide bonds. The van der Waals surface area contributed by atoms with Gasteiger partial charge in [0, 0.05) is 19.5 Å². The molecule has 0 saturated carbocycles. The number of nitrogens with zero attached hydrogens (tertiary/aromatic N) is 1. The molecular formula is C16H24N2O2. The number of amides is 1. The van der Waals surface area contributed by atoms with Crippen molar-refractivity contribution >= 4 is 5.91 Å². The number of aliphatic hydroxyl groups is 1. The molecule has 0 radical (unpaired) electrons.